The molecule has 0 saturated carbocycles. The van der Waals surface area contributed by atoms with E-state index in [1.807, 2.05) is 20.8 Å². The number of hydrogen-bond donors (Lipinski definition) is 1. The van der Waals surface area contributed by atoms with E-state index in [-0.39, 0.29) is 18.0 Å². The highest BCUT2D eigenvalue weighted by Crippen LogP contribution is 2.39. The quantitative estimate of drug-likeness (QED) is 0.825. The molecule has 0 atom stereocenters. The van der Waals surface area contributed by atoms with Crippen LogP contribution >= 0.6 is 11.3 Å². The molecule has 25 heavy (non-hydrogen) atoms. The highest BCUT2D eigenvalue weighted by atomic mass is 32.1. The third-order valence-electron chi connectivity index (χ3n) is 4.19. The minimum Gasteiger partial charge on any atom is -0.459 e. The minimum absolute atomic E-state index is 0.197. The molecule has 0 fully saturated rings. The molecule has 1 aliphatic rings. The van der Waals surface area contributed by atoms with E-state index in [9.17, 15) is 9.59 Å². The van der Waals surface area contributed by atoms with Crippen LogP contribution in [-0.2, 0) is 24.1 Å². The highest BCUT2D eigenvalue weighted by molar-refractivity contribution is 7.17. The van der Waals surface area contributed by atoms with Gasteiger partial charge in [0.2, 0.25) is 0 Å². The maximum Gasteiger partial charge on any atom is 0.341 e. The van der Waals surface area contributed by atoms with Crippen LogP contribution in [0.15, 0.2) is 12.3 Å². The van der Waals surface area contributed by atoms with E-state index in [2.05, 4.69) is 10.4 Å². The topological polar surface area (TPSA) is 73.2 Å². The molecule has 0 aromatic carbocycles. The SMILES string of the molecule is CCn1nccc1C(=O)Nc1sc2c(c1C(=O)OC(C)C)CCCC2. The molecule has 2 aromatic heterocycles. The Morgan fingerprint density at radius 1 is 1.36 bits per heavy atom. The Balaban J connectivity index is 1.93. The molecule has 2 heterocycles. The molecule has 6 nitrogen and oxygen atoms in total. The third-order valence-corrected chi connectivity index (χ3v) is 5.40. The van der Waals surface area contributed by atoms with Gasteiger partial charge in [0.15, 0.2) is 0 Å². The lowest BCUT2D eigenvalue weighted by Gasteiger charge is -2.14. The lowest BCUT2D eigenvalue weighted by Crippen LogP contribution is -2.20. The second-order valence-corrected chi connectivity index (χ2v) is 7.46. The number of hydrogen-bond acceptors (Lipinski definition) is 5. The largest absolute Gasteiger partial charge is 0.459 e. The molecule has 0 unspecified atom stereocenters. The number of thiophene rings is 1. The number of carbonyl (C=O) groups is 2. The van der Waals surface area contributed by atoms with Crippen LogP contribution in [0.25, 0.3) is 0 Å². The molecule has 134 valence electrons. The summed E-state index contributed by atoms with van der Waals surface area (Å²) in [5.74, 6) is -0.606. The predicted octanol–water partition coefficient (Wildman–Crippen LogP) is 3.66. The monoisotopic (exact) mass is 361 g/mol. The van der Waals surface area contributed by atoms with Gasteiger partial charge in [-0.2, -0.15) is 5.10 Å². The molecular formula is C18H23N3O3S. The van der Waals surface area contributed by atoms with Gasteiger partial charge in [-0.3, -0.25) is 9.48 Å². The van der Waals surface area contributed by atoms with Crippen molar-refractivity contribution >= 4 is 28.2 Å². The number of aryl methyl sites for hydroxylation is 2. The van der Waals surface area contributed by atoms with Gasteiger partial charge in [0.05, 0.1) is 11.7 Å². The van der Waals surface area contributed by atoms with Crippen LogP contribution in [0.4, 0.5) is 5.00 Å². The van der Waals surface area contributed by atoms with Gasteiger partial charge in [-0.15, -0.1) is 11.3 Å². The Kier molecular flexibility index (Phi) is 5.22. The number of aromatic nitrogens is 2. The number of fused-ring (bicyclic) bond motifs is 1. The van der Waals surface area contributed by atoms with Crippen LogP contribution in [0.5, 0.6) is 0 Å². The van der Waals surface area contributed by atoms with Crippen molar-refractivity contribution in [2.75, 3.05) is 5.32 Å². The molecule has 0 spiro atoms. The Labute approximate surface area is 151 Å². The number of nitrogens with one attached hydrogen (secondary N) is 1. The van der Waals surface area contributed by atoms with E-state index in [1.165, 1.54) is 16.2 Å². The average molecular weight is 361 g/mol. The second kappa shape index (κ2) is 7.39. The van der Waals surface area contributed by atoms with Crippen molar-refractivity contribution in [3.05, 3.63) is 34.0 Å². The molecule has 3 rings (SSSR count). The summed E-state index contributed by atoms with van der Waals surface area (Å²) in [7, 11) is 0. The molecule has 0 aliphatic heterocycles. The number of nitrogens with zero attached hydrogens (tertiary/aromatic N) is 2. The standard InChI is InChI=1S/C18H23N3O3S/c1-4-21-13(9-10-19-21)16(22)20-17-15(18(23)24-11(2)3)12-7-5-6-8-14(12)25-17/h9-11H,4-8H2,1-3H3,(H,20,22). The number of ether oxygens (including phenoxy) is 1. The summed E-state index contributed by atoms with van der Waals surface area (Å²) in [5.41, 5.74) is 2.06. The van der Waals surface area contributed by atoms with Crippen LogP contribution in [0.3, 0.4) is 0 Å². The first-order valence-corrected chi connectivity index (χ1v) is 9.51. The summed E-state index contributed by atoms with van der Waals surface area (Å²) >= 11 is 1.49. The zero-order valence-corrected chi connectivity index (χ0v) is 15.6. The normalized spacial score (nSPS) is 13.6. The van der Waals surface area contributed by atoms with Gasteiger partial charge in [0.25, 0.3) is 5.91 Å². The fraction of sp³-hybridized carbons (Fsp3) is 0.500. The third kappa shape index (κ3) is 3.61. The first-order chi connectivity index (χ1) is 12.0. The minimum atomic E-state index is -0.353. The Hall–Kier alpha value is -2.15. The summed E-state index contributed by atoms with van der Waals surface area (Å²) in [5, 5.41) is 7.63. The van der Waals surface area contributed by atoms with Crippen molar-refractivity contribution in [3.63, 3.8) is 0 Å². The summed E-state index contributed by atoms with van der Waals surface area (Å²) in [6.07, 6.45) is 5.38. The first kappa shape index (κ1) is 17.7. The second-order valence-electron chi connectivity index (χ2n) is 6.36. The summed E-state index contributed by atoms with van der Waals surface area (Å²) < 4.78 is 7.05. The van der Waals surface area contributed by atoms with Gasteiger partial charge >= 0.3 is 5.97 Å². The van der Waals surface area contributed by atoms with E-state index in [0.717, 1.165) is 31.2 Å². The zero-order chi connectivity index (χ0) is 18.0. The Morgan fingerprint density at radius 2 is 2.12 bits per heavy atom. The van der Waals surface area contributed by atoms with Crippen molar-refractivity contribution in [2.45, 2.75) is 59.1 Å². The first-order valence-electron chi connectivity index (χ1n) is 8.70. The van der Waals surface area contributed by atoms with E-state index in [4.69, 9.17) is 4.74 Å². The maximum atomic E-state index is 12.6. The van der Waals surface area contributed by atoms with E-state index >= 15 is 0 Å². The van der Waals surface area contributed by atoms with Crippen LogP contribution in [0.1, 0.15) is 64.9 Å². The van der Waals surface area contributed by atoms with Crippen molar-refractivity contribution in [1.82, 2.24) is 9.78 Å². The van der Waals surface area contributed by atoms with Gasteiger partial charge in [0.1, 0.15) is 10.7 Å². The number of rotatable bonds is 5. The van der Waals surface area contributed by atoms with E-state index in [1.54, 1.807) is 16.9 Å². The van der Waals surface area contributed by atoms with Crippen LogP contribution in [0, 0.1) is 0 Å². The van der Waals surface area contributed by atoms with Gasteiger partial charge in [-0.1, -0.05) is 0 Å². The molecule has 1 aliphatic carbocycles. The average Bonchev–Trinajstić information content (AvgIpc) is 3.17. The van der Waals surface area contributed by atoms with Gasteiger partial charge in [-0.25, -0.2) is 4.79 Å². The van der Waals surface area contributed by atoms with Crippen LogP contribution in [-0.4, -0.2) is 27.8 Å². The van der Waals surface area contributed by atoms with Gasteiger partial charge < -0.3 is 10.1 Å². The van der Waals surface area contributed by atoms with E-state index in [0.29, 0.717) is 22.8 Å². The molecule has 1 amide bonds. The molecular weight excluding hydrogens is 338 g/mol. The number of esters is 1. The molecule has 1 N–H and O–H groups in total. The lowest BCUT2D eigenvalue weighted by molar-refractivity contribution is 0.0378. The fourth-order valence-corrected chi connectivity index (χ4v) is 4.36. The Morgan fingerprint density at radius 3 is 2.84 bits per heavy atom. The number of carbonyl (C=O) groups excluding carboxylic acids is 2. The van der Waals surface area contributed by atoms with Crippen molar-refractivity contribution in [2.24, 2.45) is 0 Å². The molecule has 0 saturated heterocycles. The summed E-state index contributed by atoms with van der Waals surface area (Å²) in [6.45, 7) is 6.20. The molecule has 0 bridgehead atoms. The van der Waals surface area contributed by atoms with Gasteiger partial charge in [0, 0.05) is 17.6 Å². The molecule has 2 aromatic rings. The van der Waals surface area contributed by atoms with Crippen molar-refractivity contribution in [3.8, 4) is 0 Å². The predicted molar refractivity (Wildman–Crippen MR) is 97.4 cm³/mol. The summed E-state index contributed by atoms with van der Waals surface area (Å²) in [4.78, 5) is 26.4. The molecule has 7 heteroatoms. The highest BCUT2D eigenvalue weighted by Gasteiger charge is 2.28. The van der Waals surface area contributed by atoms with Crippen molar-refractivity contribution in [1.29, 1.82) is 0 Å². The smallest absolute Gasteiger partial charge is 0.341 e. The van der Waals surface area contributed by atoms with Crippen LogP contribution < -0.4 is 5.32 Å². The molecule has 0 radical (unpaired) electrons. The van der Waals surface area contributed by atoms with Crippen LogP contribution in [0.2, 0.25) is 0 Å². The van der Waals surface area contributed by atoms with Crippen molar-refractivity contribution < 1.29 is 14.3 Å². The van der Waals surface area contributed by atoms with E-state index < -0.39 is 0 Å². The lowest BCUT2D eigenvalue weighted by atomic mass is 9.95. The van der Waals surface area contributed by atoms with Gasteiger partial charge in [-0.05, 0) is 58.1 Å². The zero-order valence-electron chi connectivity index (χ0n) is 14.8. The number of anilines is 1. The maximum absolute atomic E-state index is 12.6. The Bertz CT molecular complexity index is 792. The number of amides is 1. The summed E-state index contributed by atoms with van der Waals surface area (Å²) in [6, 6.07) is 1.68. The fourth-order valence-electron chi connectivity index (χ4n) is 3.09.